The van der Waals surface area contributed by atoms with Crippen LogP contribution in [0.2, 0.25) is 5.02 Å². The first kappa shape index (κ1) is 19.1. The van der Waals surface area contributed by atoms with Gasteiger partial charge in [-0.2, -0.15) is 0 Å². The van der Waals surface area contributed by atoms with Gasteiger partial charge in [0.15, 0.2) is 0 Å². The van der Waals surface area contributed by atoms with Gasteiger partial charge in [0.2, 0.25) is 10.0 Å². The van der Waals surface area contributed by atoms with Crippen LogP contribution in [0.4, 0.5) is 0 Å². The Balaban J connectivity index is 1.50. The Hall–Kier alpha value is -2.22. The number of aromatic nitrogens is 2. The molecular weight excluding hydrogens is 398 g/mol. The molecule has 0 radical (unpaired) electrons. The molecule has 3 aromatic rings. The van der Waals surface area contributed by atoms with Crippen LogP contribution >= 0.6 is 11.6 Å². The van der Waals surface area contributed by atoms with Gasteiger partial charge in [-0.05, 0) is 36.6 Å². The highest BCUT2D eigenvalue weighted by Crippen LogP contribution is 2.25. The lowest BCUT2D eigenvalue weighted by molar-refractivity contribution is 0.269. The van der Waals surface area contributed by atoms with Crippen LogP contribution in [0.1, 0.15) is 24.4 Å². The third-order valence-corrected chi connectivity index (χ3v) is 7.23. The van der Waals surface area contributed by atoms with Crippen molar-refractivity contribution in [2.75, 3.05) is 13.1 Å². The molecule has 0 amide bonds. The molecule has 1 fully saturated rings. The van der Waals surface area contributed by atoms with E-state index in [1.165, 1.54) is 4.31 Å². The van der Waals surface area contributed by atoms with Crippen molar-refractivity contribution in [2.24, 2.45) is 0 Å². The maximum absolute atomic E-state index is 12.8. The smallest absolute Gasteiger partial charge is 0.261 e. The van der Waals surface area contributed by atoms with Gasteiger partial charge in [0.05, 0.1) is 23.0 Å². The standard InChI is InChI=1S/C20H20ClN3O3S/c21-16-6-7-18-19(12-16)22-14-24(20(18)25)17-8-10-23(11-9-17)28(26,27)13-15-4-2-1-3-5-15/h1-7,12,14,17H,8-11,13H2. The molecule has 8 heteroatoms. The zero-order valence-corrected chi connectivity index (χ0v) is 16.7. The highest BCUT2D eigenvalue weighted by atomic mass is 35.5. The van der Waals surface area contributed by atoms with Crippen LogP contribution in [0, 0.1) is 0 Å². The summed E-state index contributed by atoms with van der Waals surface area (Å²) in [4.78, 5) is 17.2. The number of fused-ring (bicyclic) bond motifs is 1. The zero-order valence-electron chi connectivity index (χ0n) is 15.2. The Morgan fingerprint density at radius 2 is 1.79 bits per heavy atom. The highest BCUT2D eigenvalue weighted by Gasteiger charge is 2.29. The van der Waals surface area contributed by atoms with Crippen LogP contribution in [0.3, 0.4) is 0 Å². The van der Waals surface area contributed by atoms with Crippen LogP contribution in [-0.2, 0) is 15.8 Å². The van der Waals surface area contributed by atoms with Crippen LogP contribution in [0.5, 0.6) is 0 Å². The van der Waals surface area contributed by atoms with Crippen molar-refractivity contribution in [2.45, 2.75) is 24.6 Å². The molecule has 1 saturated heterocycles. The third kappa shape index (κ3) is 3.83. The minimum Gasteiger partial charge on any atom is -0.296 e. The number of benzene rings is 2. The number of hydrogen-bond donors (Lipinski definition) is 0. The second-order valence-corrected chi connectivity index (χ2v) is 9.40. The molecule has 1 aliphatic rings. The van der Waals surface area contributed by atoms with Gasteiger partial charge in [-0.1, -0.05) is 41.9 Å². The van der Waals surface area contributed by atoms with E-state index in [-0.39, 0.29) is 17.4 Å². The fourth-order valence-electron chi connectivity index (χ4n) is 3.64. The first-order valence-corrected chi connectivity index (χ1v) is 11.1. The number of piperidine rings is 1. The van der Waals surface area contributed by atoms with Gasteiger partial charge >= 0.3 is 0 Å². The van der Waals surface area contributed by atoms with E-state index in [0.717, 1.165) is 5.56 Å². The van der Waals surface area contributed by atoms with Crippen molar-refractivity contribution in [1.29, 1.82) is 0 Å². The van der Waals surface area contributed by atoms with Gasteiger partial charge in [-0.3, -0.25) is 9.36 Å². The molecule has 146 valence electrons. The molecule has 2 heterocycles. The van der Waals surface area contributed by atoms with Crippen LogP contribution < -0.4 is 5.56 Å². The second-order valence-electron chi connectivity index (χ2n) is 6.99. The third-order valence-electron chi connectivity index (χ3n) is 5.15. The van der Waals surface area contributed by atoms with Crippen LogP contribution in [0.25, 0.3) is 10.9 Å². The Morgan fingerprint density at radius 1 is 1.07 bits per heavy atom. The highest BCUT2D eigenvalue weighted by molar-refractivity contribution is 7.88. The van der Waals surface area contributed by atoms with Gasteiger partial charge in [-0.25, -0.2) is 17.7 Å². The van der Waals surface area contributed by atoms with Gasteiger partial charge in [0.25, 0.3) is 5.56 Å². The Bertz CT molecular complexity index is 1150. The van der Waals surface area contributed by atoms with Gasteiger partial charge in [0.1, 0.15) is 0 Å². The maximum Gasteiger partial charge on any atom is 0.261 e. The van der Waals surface area contributed by atoms with Crippen molar-refractivity contribution in [3.05, 3.63) is 75.8 Å². The molecule has 0 saturated carbocycles. The molecule has 28 heavy (non-hydrogen) atoms. The molecule has 0 aliphatic carbocycles. The lowest BCUT2D eigenvalue weighted by atomic mass is 10.1. The average molecular weight is 418 g/mol. The van der Waals surface area contributed by atoms with Gasteiger partial charge in [-0.15, -0.1) is 0 Å². The quantitative estimate of drug-likeness (QED) is 0.653. The summed E-state index contributed by atoms with van der Waals surface area (Å²) in [5.74, 6) is -0.00323. The van der Waals surface area contributed by atoms with E-state index in [1.54, 1.807) is 29.1 Å². The lowest BCUT2D eigenvalue weighted by Crippen LogP contribution is -2.41. The normalized spacial score (nSPS) is 16.5. The van der Waals surface area contributed by atoms with Crippen LogP contribution in [0.15, 0.2) is 59.7 Å². The lowest BCUT2D eigenvalue weighted by Gasteiger charge is -2.32. The molecule has 6 nitrogen and oxygen atoms in total. The second kappa shape index (κ2) is 7.66. The number of sulfonamides is 1. The van der Waals surface area contributed by atoms with Crippen molar-refractivity contribution < 1.29 is 8.42 Å². The molecule has 2 aromatic carbocycles. The molecule has 0 atom stereocenters. The summed E-state index contributed by atoms with van der Waals surface area (Å²) < 4.78 is 28.6. The van der Waals surface area contributed by atoms with Gasteiger partial charge in [0, 0.05) is 24.2 Å². The monoisotopic (exact) mass is 417 g/mol. The van der Waals surface area contributed by atoms with Crippen molar-refractivity contribution in [3.63, 3.8) is 0 Å². The van der Waals surface area contributed by atoms with E-state index in [1.807, 2.05) is 30.3 Å². The van der Waals surface area contributed by atoms with E-state index < -0.39 is 10.0 Å². The molecule has 0 N–H and O–H groups in total. The first-order valence-electron chi connectivity index (χ1n) is 9.12. The van der Waals surface area contributed by atoms with Crippen LogP contribution in [-0.4, -0.2) is 35.4 Å². The minimum atomic E-state index is -3.38. The number of rotatable bonds is 4. The molecule has 4 rings (SSSR count). The SMILES string of the molecule is O=c1c2ccc(Cl)cc2ncn1C1CCN(S(=O)(=O)Cc2ccccc2)CC1. The Labute approximate surface area is 168 Å². The van der Waals surface area contributed by atoms with Gasteiger partial charge < -0.3 is 0 Å². The summed E-state index contributed by atoms with van der Waals surface area (Å²) in [6.07, 6.45) is 2.70. The molecule has 0 spiro atoms. The fourth-order valence-corrected chi connectivity index (χ4v) is 5.37. The largest absolute Gasteiger partial charge is 0.296 e. The summed E-state index contributed by atoms with van der Waals surface area (Å²) in [5, 5.41) is 1.06. The van der Waals surface area contributed by atoms with E-state index in [9.17, 15) is 13.2 Å². The Kier molecular flexibility index (Phi) is 5.23. The van der Waals surface area contributed by atoms with E-state index in [0.29, 0.717) is 41.9 Å². The van der Waals surface area contributed by atoms with E-state index >= 15 is 0 Å². The number of nitrogens with zero attached hydrogens (tertiary/aromatic N) is 3. The summed E-state index contributed by atoms with van der Waals surface area (Å²) in [6, 6.07) is 14.1. The first-order chi connectivity index (χ1) is 13.4. The number of halogens is 1. The van der Waals surface area contributed by atoms with E-state index in [2.05, 4.69) is 4.98 Å². The molecule has 0 bridgehead atoms. The summed E-state index contributed by atoms with van der Waals surface area (Å²) in [7, 11) is -3.38. The Morgan fingerprint density at radius 3 is 2.50 bits per heavy atom. The molecular formula is C20H20ClN3O3S. The fraction of sp³-hybridized carbons (Fsp3) is 0.300. The summed E-state index contributed by atoms with van der Waals surface area (Å²) in [6.45, 7) is 0.788. The summed E-state index contributed by atoms with van der Waals surface area (Å²) >= 11 is 5.96. The maximum atomic E-state index is 12.8. The molecule has 1 aliphatic heterocycles. The average Bonchev–Trinajstić information content (AvgIpc) is 2.69. The molecule has 0 unspecified atom stereocenters. The number of hydrogen-bond acceptors (Lipinski definition) is 4. The molecule has 1 aromatic heterocycles. The zero-order chi connectivity index (χ0) is 19.7. The van der Waals surface area contributed by atoms with Crippen molar-refractivity contribution in [3.8, 4) is 0 Å². The predicted octanol–water partition coefficient (Wildman–Crippen LogP) is 3.22. The van der Waals surface area contributed by atoms with E-state index in [4.69, 9.17) is 11.6 Å². The van der Waals surface area contributed by atoms with Crippen molar-refractivity contribution in [1.82, 2.24) is 13.9 Å². The predicted molar refractivity (Wildman–Crippen MR) is 110 cm³/mol. The topological polar surface area (TPSA) is 72.3 Å². The van der Waals surface area contributed by atoms with Crippen molar-refractivity contribution >= 4 is 32.5 Å². The summed E-state index contributed by atoms with van der Waals surface area (Å²) in [5.41, 5.74) is 1.22. The minimum absolute atomic E-state index is 0.00323.